The van der Waals surface area contributed by atoms with Crippen molar-refractivity contribution in [3.05, 3.63) is 53.6 Å². The first kappa shape index (κ1) is 56.9. The Labute approximate surface area is 436 Å². The molecule has 0 spiro atoms. The van der Waals surface area contributed by atoms with Crippen molar-refractivity contribution in [2.75, 3.05) is 43.9 Å². The van der Waals surface area contributed by atoms with E-state index in [1.165, 1.54) is 4.57 Å². The second-order valence-corrected chi connectivity index (χ2v) is 20.6. The molecule has 11 N–H and O–H groups in total. The van der Waals surface area contributed by atoms with E-state index in [0.29, 0.717) is 61.5 Å². The van der Waals surface area contributed by atoms with Gasteiger partial charge in [-0.25, -0.2) is 14.3 Å². The first-order chi connectivity index (χ1) is 35.7. The van der Waals surface area contributed by atoms with E-state index < -0.39 is 52.9 Å². The topological polar surface area (TPSA) is 337 Å². The molecule has 0 saturated heterocycles. The van der Waals surface area contributed by atoms with Crippen LogP contribution in [0.25, 0.3) is 22.2 Å². The molecule has 0 aliphatic heterocycles. The summed E-state index contributed by atoms with van der Waals surface area (Å²) in [5.41, 5.74) is 19.5. The smallest absolute Gasteiger partial charge is 0.410 e. The first-order valence-corrected chi connectivity index (χ1v) is 25.7. The Morgan fingerprint density at radius 2 is 1.69 bits per heavy atom. The molecule has 24 nitrogen and oxygen atoms in total. The number of primary amides is 1. The van der Waals surface area contributed by atoms with Gasteiger partial charge < -0.3 is 62.7 Å². The van der Waals surface area contributed by atoms with Gasteiger partial charge in [-0.3, -0.25) is 19.0 Å². The summed E-state index contributed by atoms with van der Waals surface area (Å²) in [6.07, 6.45) is 5.05. The number of unbranched alkanes of at least 4 members (excludes halogenated alkanes) is 1. The molecule has 3 heterocycles. The summed E-state index contributed by atoms with van der Waals surface area (Å²) in [5, 5.41) is 30.6. The van der Waals surface area contributed by atoms with Crippen LogP contribution in [-0.4, -0.2) is 131 Å². The lowest BCUT2D eigenvalue weighted by Crippen LogP contribution is -2.57. The molecule has 75 heavy (non-hydrogen) atoms. The predicted molar refractivity (Wildman–Crippen MR) is 281 cm³/mol. The van der Waals surface area contributed by atoms with Gasteiger partial charge in [0, 0.05) is 24.8 Å². The van der Waals surface area contributed by atoms with Crippen molar-refractivity contribution in [1.29, 1.82) is 0 Å². The average Bonchev–Trinajstić information content (AvgIpc) is 3.90. The Morgan fingerprint density at radius 3 is 2.36 bits per heavy atom. The van der Waals surface area contributed by atoms with Crippen LogP contribution in [0.1, 0.15) is 111 Å². The van der Waals surface area contributed by atoms with Crippen molar-refractivity contribution in [2.45, 2.75) is 143 Å². The van der Waals surface area contributed by atoms with Crippen molar-refractivity contribution in [3.8, 4) is 12.0 Å². The number of nitrogen functional groups attached to an aromatic ring is 1. The number of hydrogen-bond acceptors (Lipinski definition) is 16. The van der Waals surface area contributed by atoms with Crippen molar-refractivity contribution in [2.24, 2.45) is 22.8 Å². The number of carbonyl (C=O) groups excluding carboxylic acids is 5. The molecule has 1 unspecified atom stereocenters. The summed E-state index contributed by atoms with van der Waals surface area (Å²) in [6, 6.07) is 9.55. The molecule has 5 aromatic rings. The fourth-order valence-electron chi connectivity index (χ4n) is 8.22. The van der Waals surface area contributed by atoms with Crippen LogP contribution in [0.15, 0.2) is 42.5 Å². The Hall–Kier alpha value is -7.34. The highest BCUT2D eigenvalue weighted by Gasteiger charge is 2.36. The van der Waals surface area contributed by atoms with E-state index in [-0.39, 0.29) is 68.0 Å². The molecule has 6 rings (SSSR count). The Kier molecular flexibility index (Phi) is 19.5. The molecule has 6 amide bonds. The van der Waals surface area contributed by atoms with Gasteiger partial charge in [0.25, 0.3) is 6.01 Å². The van der Waals surface area contributed by atoms with Crippen LogP contribution < -0.4 is 43.2 Å². The van der Waals surface area contributed by atoms with E-state index in [1.54, 1.807) is 61.5 Å². The van der Waals surface area contributed by atoms with Gasteiger partial charge in [-0.05, 0) is 120 Å². The predicted octanol–water partition coefficient (Wildman–Crippen LogP) is 4.46. The second kappa shape index (κ2) is 25.7. The third-order valence-corrected chi connectivity index (χ3v) is 13.1. The van der Waals surface area contributed by atoms with Gasteiger partial charge >= 0.3 is 18.1 Å². The fraction of sp³-hybridized carbons (Fsp3) is 0.569. The highest BCUT2D eigenvalue weighted by atomic mass is 16.6. The maximum atomic E-state index is 13.8. The molecule has 2 atom stereocenters. The minimum Gasteiger partial charge on any atom is -0.480 e. The van der Waals surface area contributed by atoms with Crippen LogP contribution in [0.5, 0.6) is 12.0 Å². The average molecular weight is 1040 g/mol. The van der Waals surface area contributed by atoms with Crippen molar-refractivity contribution < 1.29 is 43.3 Å². The lowest BCUT2D eigenvalue weighted by molar-refractivity contribution is -0.141. The number of carbonyl (C=O) groups is 5. The molecule has 0 radical (unpaired) electrons. The molecule has 408 valence electrons. The van der Waals surface area contributed by atoms with Crippen LogP contribution in [0, 0.1) is 11.3 Å². The number of urea groups is 1. The lowest BCUT2D eigenvalue weighted by Gasteiger charge is -2.36. The lowest BCUT2D eigenvalue weighted by atomic mass is 9.91. The summed E-state index contributed by atoms with van der Waals surface area (Å²) in [5.74, 6) is -1.70. The highest BCUT2D eigenvalue weighted by Crippen LogP contribution is 2.29. The summed E-state index contributed by atoms with van der Waals surface area (Å²) in [6.45, 7) is 14.9. The molecule has 1 aliphatic rings. The van der Waals surface area contributed by atoms with Crippen molar-refractivity contribution in [1.82, 2.24) is 55.4 Å². The summed E-state index contributed by atoms with van der Waals surface area (Å²) >= 11 is 0. The van der Waals surface area contributed by atoms with Crippen LogP contribution in [0.4, 0.5) is 21.1 Å². The van der Waals surface area contributed by atoms with E-state index in [4.69, 9.17) is 31.4 Å². The summed E-state index contributed by atoms with van der Waals surface area (Å²) in [4.78, 5) is 80.7. The number of nitrogens with two attached hydrogens (primary N) is 3. The Bertz CT molecular complexity index is 2760. The van der Waals surface area contributed by atoms with Gasteiger partial charge in [-0.1, -0.05) is 50.6 Å². The zero-order chi connectivity index (χ0) is 54.5. The summed E-state index contributed by atoms with van der Waals surface area (Å²) in [7, 11) is 0. The van der Waals surface area contributed by atoms with E-state index >= 15 is 0 Å². The van der Waals surface area contributed by atoms with Gasteiger partial charge in [-0.2, -0.15) is 15.0 Å². The van der Waals surface area contributed by atoms with Crippen LogP contribution >= 0.6 is 0 Å². The number of benzene rings is 2. The van der Waals surface area contributed by atoms with E-state index in [9.17, 15) is 29.1 Å². The molecule has 2 aromatic carbocycles. The molecular weight excluding hydrogens is 967 g/mol. The second-order valence-electron chi connectivity index (χ2n) is 20.6. The molecule has 24 heteroatoms. The number of hydrogen-bond donors (Lipinski definition) is 8. The van der Waals surface area contributed by atoms with Gasteiger partial charge in [0.2, 0.25) is 17.7 Å². The van der Waals surface area contributed by atoms with Crippen molar-refractivity contribution >= 4 is 63.5 Å². The highest BCUT2D eigenvalue weighted by molar-refractivity contribution is 5.98. The molecule has 1 fully saturated rings. The van der Waals surface area contributed by atoms with E-state index in [2.05, 4.69) is 46.5 Å². The number of aromatic hydroxyl groups is 1. The Balaban J connectivity index is 1.04. The SMILES string of the molecule is CCCCOc1nc(N)c2nc(O)n(Cc3ccc4c(c3)nnn4CCN(C(=O)OCc3ccc(NC(=O)[C@H](CCCNC(N)=O)NC(=O)C(NC(=O)C(C)(C)COC(C)(C)CCN)C(C)C)cc3)C3CCC3)c2n1. The minimum atomic E-state index is -1.05. The van der Waals surface area contributed by atoms with Gasteiger partial charge in [0.1, 0.15) is 24.2 Å². The van der Waals surface area contributed by atoms with E-state index in [1.807, 2.05) is 39.0 Å². The number of nitrogens with zero attached hydrogens (tertiary/aromatic N) is 8. The fourth-order valence-corrected chi connectivity index (χ4v) is 8.22. The zero-order valence-corrected chi connectivity index (χ0v) is 44.2. The summed E-state index contributed by atoms with van der Waals surface area (Å²) < 4.78 is 20.8. The number of amides is 6. The molecule has 0 bridgehead atoms. The third-order valence-electron chi connectivity index (χ3n) is 13.1. The monoisotopic (exact) mass is 1040 g/mol. The number of anilines is 2. The van der Waals surface area contributed by atoms with Gasteiger partial charge in [-0.15, -0.1) is 5.10 Å². The zero-order valence-electron chi connectivity index (χ0n) is 44.2. The maximum absolute atomic E-state index is 13.8. The number of ether oxygens (including phenoxy) is 3. The third kappa shape index (κ3) is 15.6. The van der Waals surface area contributed by atoms with Crippen LogP contribution in [0.2, 0.25) is 0 Å². The van der Waals surface area contributed by atoms with Crippen LogP contribution in [0.3, 0.4) is 0 Å². The normalized spacial score (nSPS) is 13.8. The van der Waals surface area contributed by atoms with Crippen LogP contribution in [-0.2, 0) is 43.6 Å². The molecule has 1 aliphatic carbocycles. The molecule has 1 saturated carbocycles. The number of nitrogens with one attached hydrogen (secondary N) is 4. The number of fused-ring (bicyclic) bond motifs is 2. The molecule has 3 aromatic heterocycles. The quantitative estimate of drug-likeness (QED) is 0.0321. The van der Waals surface area contributed by atoms with E-state index in [0.717, 1.165) is 43.2 Å². The number of imidazole rings is 1. The largest absolute Gasteiger partial charge is 0.480 e. The maximum Gasteiger partial charge on any atom is 0.410 e. The molecular formula is C51H75N15O9. The Morgan fingerprint density at radius 1 is 0.960 bits per heavy atom. The number of rotatable bonds is 28. The van der Waals surface area contributed by atoms with Crippen molar-refractivity contribution in [3.63, 3.8) is 0 Å². The van der Waals surface area contributed by atoms with Gasteiger partial charge in [0.05, 0.1) is 42.8 Å². The minimum absolute atomic E-state index is 0.0160. The van der Waals surface area contributed by atoms with Gasteiger partial charge in [0.15, 0.2) is 17.0 Å². The standard InChI is InChI=1S/C51H75N15O9/c1-8-9-26-73-47-60-41(53)40-42(61-47)65(48(71)59-40)28-33-17-20-38-37(27-33)62-63-66(38)25-24-64(35-12-10-13-35)49(72)74-29-32-15-18-34(19-16-32)56-43(67)36(14-11-23-55-46(54)70)57-44(68)39(31(2)3)58-45(69)50(4,5)30-75-51(6,7)21-22-52/h15-20,27,31,35-36,39H,8-14,21-26,28-30,52H2,1-7H3,(H,56,67)(H,57,68)(H,58,69)(H,59,71)(H2,53,60,61)(H3,54,55,70)/t36-,39?/m0/s1. The number of aromatic nitrogens is 7. The first-order valence-electron chi connectivity index (χ1n) is 25.7.